The lowest BCUT2D eigenvalue weighted by Crippen LogP contribution is -2.41. The molecule has 1 aliphatic heterocycles. The minimum atomic E-state index is 0.104. The summed E-state index contributed by atoms with van der Waals surface area (Å²) in [6, 6.07) is 5.68. The minimum Gasteiger partial charge on any atom is -0.381 e. The molecule has 26 heavy (non-hydrogen) atoms. The van der Waals surface area contributed by atoms with Gasteiger partial charge in [0.1, 0.15) is 0 Å². The molecule has 4 rings (SSSR count). The molecule has 138 valence electrons. The molecule has 1 atom stereocenters. The molecule has 6 heteroatoms. The lowest BCUT2D eigenvalue weighted by molar-refractivity contribution is -0.132. The third kappa shape index (κ3) is 3.80. The summed E-state index contributed by atoms with van der Waals surface area (Å²) in [6.45, 7) is 5.65. The van der Waals surface area contributed by atoms with Crippen LogP contribution in [-0.2, 0) is 29.0 Å². The number of rotatable bonds is 7. The highest BCUT2D eigenvalue weighted by molar-refractivity contribution is 5.78. The van der Waals surface area contributed by atoms with Gasteiger partial charge in [-0.05, 0) is 37.8 Å². The summed E-state index contributed by atoms with van der Waals surface area (Å²) in [5.74, 6) is 1.09. The zero-order chi connectivity index (χ0) is 17.9. The topological polar surface area (TPSA) is 60.2 Å². The summed E-state index contributed by atoms with van der Waals surface area (Å²) in [5.41, 5.74) is 3.10. The van der Waals surface area contributed by atoms with Crippen LogP contribution in [0.1, 0.15) is 42.8 Å². The Bertz CT molecular complexity index is 754. The van der Waals surface area contributed by atoms with Crippen molar-refractivity contribution in [2.75, 3.05) is 19.8 Å². The van der Waals surface area contributed by atoms with E-state index in [2.05, 4.69) is 14.5 Å². The normalized spacial score (nSPS) is 19.4. The number of amides is 1. The Morgan fingerprint density at radius 3 is 2.92 bits per heavy atom. The molecular formula is C20H26N4O2. The molecule has 0 spiro atoms. The van der Waals surface area contributed by atoms with Crippen molar-refractivity contribution in [3.8, 4) is 0 Å². The fourth-order valence-electron chi connectivity index (χ4n) is 3.70. The average molecular weight is 354 g/mol. The van der Waals surface area contributed by atoms with Gasteiger partial charge in [0, 0.05) is 43.2 Å². The van der Waals surface area contributed by atoms with Crippen molar-refractivity contribution >= 4 is 5.91 Å². The Balaban J connectivity index is 1.52. The zero-order valence-corrected chi connectivity index (χ0v) is 15.3. The van der Waals surface area contributed by atoms with E-state index in [1.807, 2.05) is 36.4 Å². The highest BCUT2D eigenvalue weighted by atomic mass is 16.5. The third-order valence-electron chi connectivity index (χ3n) is 5.21. The van der Waals surface area contributed by atoms with Gasteiger partial charge in [-0.25, -0.2) is 4.98 Å². The van der Waals surface area contributed by atoms with E-state index in [0.717, 1.165) is 23.9 Å². The number of hydrogen-bond donors (Lipinski definition) is 0. The number of pyridine rings is 1. The van der Waals surface area contributed by atoms with Crippen LogP contribution in [-0.4, -0.2) is 45.1 Å². The molecule has 0 N–H and O–H groups in total. The van der Waals surface area contributed by atoms with Crippen LogP contribution in [0.4, 0.5) is 0 Å². The van der Waals surface area contributed by atoms with Crippen molar-refractivity contribution in [3.63, 3.8) is 0 Å². The summed E-state index contributed by atoms with van der Waals surface area (Å²) in [5, 5.41) is 0. The Morgan fingerprint density at radius 2 is 2.19 bits per heavy atom. The fourth-order valence-corrected chi connectivity index (χ4v) is 3.70. The van der Waals surface area contributed by atoms with Gasteiger partial charge in [-0.15, -0.1) is 0 Å². The van der Waals surface area contributed by atoms with Crippen LogP contribution in [0.3, 0.4) is 0 Å². The Hall–Kier alpha value is -2.21. The number of fused-ring (bicyclic) bond motifs is 1. The Kier molecular flexibility index (Phi) is 5.02. The number of aromatic nitrogens is 3. The van der Waals surface area contributed by atoms with Gasteiger partial charge in [0.2, 0.25) is 5.91 Å². The van der Waals surface area contributed by atoms with E-state index in [0.29, 0.717) is 32.7 Å². The summed E-state index contributed by atoms with van der Waals surface area (Å²) >= 11 is 0. The molecule has 2 aromatic heterocycles. The molecule has 2 aromatic rings. The smallest absolute Gasteiger partial charge is 0.228 e. The molecule has 1 fully saturated rings. The number of imidazole rings is 1. The maximum Gasteiger partial charge on any atom is 0.228 e. The molecule has 1 aliphatic carbocycles. The van der Waals surface area contributed by atoms with Crippen LogP contribution in [0.25, 0.3) is 0 Å². The molecule has 1 saturated carbocycles. The summed E-state index contributed by atoms with van der Waals surface area (Å²) in [6.07, 6.45) is 6.65. The monoisotopic (exact) mass is 354 g/mol. The van der Waals surface area contributed by atoms with Gasteiger partial charge in [0.05, 0.1) is 31.6 Å². The largest absolute Gasteiger partial charge is 0.381 e. The highest BCUT2D eigenvalue weighted by Gasteiger charge is 2.33. The first-order valence-corrected chi connectivity index (χ1v) is 9.54. The predicted molar refractivity (Wildman–Crippen MR) is 97.5 cm³/mol. The molecule has 0 unspecified atom stereocenters. The van der Waals surface area contributed by atoms with E-state index in [1.165, 1.54) is 18.5 Å². The fraction of sp³-hybridized carbons (Fsp3) is 0.550. The molecule has 0 radical (unpaired) electrons. The number of hydrogen-bond acceptors (Lipinski definition) is 4. The molecule has 3 heterocycles. The highest BCUT2D eigenvalue weighted by Crippen LogP contribution is 2.34. The van der Waals surface area contributed by atoms with E-state index in [4.69, 9.17) is 4.74 Å². The van der Waals surface area contributed by atoms with Gasteiger partial charge in [-0.2, -0.15) is 0 Å². The van der Waals surface area contributed by atoms with Gasteiger partial charge in [-0.3, -0.25) is 9.78 Å². The van der Waals surface area contributed by atoms with E-state index in [-0.39, 0.29) is 11.8 Å². The summed E-state index contributed by atoms with van der Waals surface area (Å²) < 4.78 is 8.03. The Labute approximate surface area is 154 Å². The van der Waals surface area contributed by atoms with Crippen molar-refractivity contribution in [1.29, 1.82) is 0 Å². The van der Waals surface area contributed by atoms with Gasteiger partial charge < -0.3 is 14.2 Å². The number of carbonyl (C=O) groups is 1. The van der Waals surface area contributed by atoms with Crippen molar-refractivity contribution in [2.45, 2.75) is 45.2 Å². The van der Waals surface area contributed by atoms with Crippen LogP contribution in [0.2, 0.25) is 0 Å². The predicted octanol–water partition coefficient (Wildman–Crippen LogP) is 2.39. The first-order valence-electron chi connectivity index (χ1n) is 9.54. The van der Waals surface area contributed by atoms with Gasteiger partial charge in [-0.1, -0.05) is 6.07 Å². The van der Waals surface area contributed by atoms with Crippen molar-refractivity contribution in [1.82, 2.24) is 19.4 Å². The SMILES string of the molecule is CCOC[C@@H]1CN(C(=O)Cc2ccccn2)Cc2ncn(CC3CC3)c21. The van der Waals surface area contributed by atoms with E-state index in [1.54, 1.807) is 6.20 Å². The van der Waals surface area contributed by atoms with Crippen molar-refractivity contribution in [2.24, 2.45) is 5.92 Å². The first kappa shape index (κ1) is 17.2. The number of carbonyl (C=O) groups excluding carboxylic acids is 1. The number of nitrogens with zero attached hydrogens (tertiary/aromatic N) is 4. The zero-order valence-electron chi connectivity index (χ0n) is 15.3. The van der Waals surface area contributed by atoms with E-state index in [9.17, 15) is 4.79 Å². The van der Waals surface area contributed by atoms with E-state index < -0.39 is 0 Å². The minimum absolute atomic E-state index is 0.104. The standard InChI is InChI=1S/C20H26N4O2/c1-2-26-13-16-11-23(19(25)9-17-5-3-4-8-21-17)12-18-20(16)24(14-22-18)10-15-6-7-15/h3-5,8,14-16H,2,6-7,9-13H2,1H3/t16-/m0/s1. The molecule has 0 bridgehead atoms. The van der Waals surface area contributed by atoms with E-state index >= 15 is 0 Å². The molecule has 2 aliphatic rings. The van der Waals surface area contributed by atoms with Crippen LogP contribution >= 0.6 is 0 Å². The van der Waals surface area contributed by atoms with Gasteiger partial charge in [0.15, 0.2) is 0 Å². The number of ether oxygens (including phenoxy) is 1. The van der Waals surface area contributed by atoms with Crippen molar-refractivity contribution in [3.05, 3.63) is 47.8 Å². The molecule has 0 aromatic carbocycles. The van der Waals surface area contributed by atoms with Gasteiger partial charge >= 0.3 is 0 Å². The molecule has 6 nitrogen and oxygen atoms in total. The first-order chi connectivity index (χ1) is 12.7. The second-order valence-corrected chi connectivity index (χ2v) is 7.30. The lowest BCUT2D eigenvalue weighted by Gasteiger charge is -2.33. The molecular weight excluding hydrogens is 328 g/mol. The maximum absolute atomic E-state index is 12.8. The summed E-state index contributed by atoms with van der Waals surface area (Å²) in [4.78, 5) is 23.6. The molecule has 0 saturated heterocycles. The van der Waals surface area contributed by atoms with Crippen LogP contribution in [0.5, 0.6) is 0 Å². The molecule has 1 amide bonds. The summed E-state index contributed by atoms with van der Waals surface area (Å²) in [7, 11) is 0. The second-order valence-electron chi connectivity index (χ2n) is 7.30. The lowest BCUT2D eigenvalue weighted by atomic mass is 9.98. The van der Waals surface area contributed by atoms with Crippen molar-refractivity contribution < 1.29 is 9.53 Å². The maximum atomic E-state index is 12.8. The van der Waals surface area contributed by atoms with Crippen LogP contribution in [0.15, 0.2) is 30.7 Å². The second kappa shape index (κ2) is 7.58. The van der Waals surface area contributed by atoms with Crippen LogP contribution < -0.4 is 0 Å². The quantitative estimate of drug-likeness (QED) is 0.766. The Morgan fingerprint density at radius 1 is 1.31 bits per heavy atom. The van der Waals surface area contributed by atoms with Crippen LogP contribution in [0, 0.1) is 5.92 Å². The van der Waals surface area contributed by atoms with Gasteiger partial charge in [0.25, 0.3) is 0 Å². The average Bonchev–Trinajstić information content (AvgIpc) is 3.39. The third-order valence-corrected chi connectivity index (χ3v) is 5.21.